The fourth-order valence-electron chi connectivity index (χ4n) is 1.55. The van der Waals surface area contributed by atoms with E-state index in [2.05, 4.69) is 21.2 Å². The fraction of sp³-hybridized carbons (Fsp3) is 0.167. The summed E-state index contributed by atoms with van der Waals surface area (Å²) >= 11 is 10.8. The van der Waals surface area contributed by atoms with Crippen molar-refractivity contribution in [3.63, 3.8) is 0 Å². The molecule has 3 N–H and O–H groups in total. The van der Waals surface area contributed by atoms with Crippen molar-refractivity contribution in [2.75, 3.05) is 11.9 Å². The lowest BCUT2D eigenvalue weighted by molar-refractivity contribution is 0.626. The van der Waals surface area contributed by atoms with Gasteiger partial charge in [0, 0.05) is 15.9 Å². The second kappa shape index (κ2) is 6.02. The summed E-state index contributed by atoms with van der Waals surface area (Å²) < 4.78 is 15.0. The molecular weight excluding hydrogens is 339 g/mol. The van der Waals surface area contributed by atoms with E-state index >= 15 is 0 Å². The standard InChI is InChI=1S/C12H11BrClFN2S/c13-7-5-11(18-12(7)14)10(6-16)17-9-4-2-1-3-8(9)15/h1-5,10,17H,6,16H2. The normalized spacial score (nSPS) is 12.4. The molecule has 1 heterocycles. The van der Waals surface area contributed by atoms with Crippen LogP contribution in [0.5, 0.6) is 0 Å². The molecule has 0 bridgehead atoms. The van der Waals surface area contributed by atoms with Gasteiger partial charge in [-0.25, -0.2) is 4.39 Å². The molecule has 0 saturated heterocycles. The third kappa shape index (κ3) is 3.03. The molecule has 1 aromatic carbocycles. The highest BCUT2D eigenvalue weighted by Gasteiger charge is 2.15. The Morgan fingerprint density at radius 1 is 1.44 bits per heavy atom. The van der Waals surface area contributed by atoms with E-state index in [4.69, 9.17) is 17.3 Å². The summed E-state index contributed by atoms with van der Waals surface area (Å²) in [5.41, 5.74) is 6.16. The number of anilines is 1. The number of rotatable bonds is 4. The van der Waals surface area contributed by atoms with Crippen molar-refractivity contribution in [3.05, 3.63) is 49.8 Å². The summed E-state index contributed by atoms with van der Waals surface area (Å²) in [7, 11) is 0. The first kappa shape index (κ1) is 13.8. The lowest BCUT2D eigenvalue weighted by Crippen LogP contribution is -2.20. The van der Waals surface area contributed by atoms with Gasteiger partial charge in [0.2, 0.25) is 0 Å². The van der Waals surface area contributed by atoms with Gasteiger partial charge >= 0.3 is 0 Å². The highest BCUT2D eigenvalue weighted by Crippen LogP contribution is 2.36. The highest BCUT2D eigenvalue weighted by atomic mass is 79.9. The van der Waals surface area contributed by atoms with E-state index in [1.807, 2.05) is 6.07 Å². The van der Waals surface area contributed by atoms with Crippen molar-refractivity contribution in [2.45, 2.75) is 6.04 Å². The maximum Gasteiger partial charge on any atom is 0.146 e. The average molecular weight is 350 g/mol. The molecule has 1 atom stereocenters. The first-order valence-electron chi connectivity index (χ1n) is 5.27. The van der Waals surface area contributed by atoms with Crippen molar-refractivity contribution >= 4 is 44.6 Å². The Labute approximate surface area is 122 Å². The van der Waals surface area contributed by atoms with Gasteiger partial charge in [0.15, 0.2) is 0 Å². The molecule has 1 unspecified atom stereocenters. The second-order valence-electron chi connectivity index (χ2n) is 3.68. The molecule has 0 fully saturated rings. The molecule has 18 heavy (non-hydrogen) atoms. The maximum atomic E-state index is 13.6. The Kier molecular flexibility index (Phi) is 4.61. The minimum absolute atomic E-state index is 0.157. The predicted octanol–water partition coefficient (Wildman–Crippen LogP) is 4.42. The van der Waals surface area contributed by atoms with Gasteiger partial charge in [-0.3, -0.25) is 0 Å². The molecule has 1 aromatic heterocycles. The Morgan fingerprint density at radius 3 is 2.72 bits per heavy atom. The molecule has 0 spiro atoms. The Balaban J connectivity index is 2.22. The number of hydrogen-bond donors (Lipinski definition) is 2. The average Bonchev–Trinajstić information content (AvgIpc) is 2.68. The summed E-state index contributed by atoms with van der Waals surface area (Å²) in [5, 5.41) is 3.08. The van der Waals surface area contributed by atoms with Crippen LogP contribution >= 0.6 is 38.9 Å². The molecule has 0 aliphatic carbocycles. The Bertz CT molecular complexity index is 527. The summed E-state index contributed by atoms with van der Waals surface area (Å²) in [4.78, 5) is 0.970. The number of halogens is 3. The number of nitrogens with two attached hydrogens (primary N) is 1. The third-order valence-electron chi connectivity index (χ3n) is 2.45. The van der Waals surface area contributed by atoms with E-state index in [0.29, 0.717) is 16.6 Å². The highest BCUT2D eigenvalue weighted by molar-refractivity contribution is 9.10. The second-order valence-corrected chi connectivity index (χ2v) is 6.22. The molecule has 0 aliphatic rings. The van der Waals surface area contributed by atoms with Gasteiger partial charge in [0.25, 0.3) is 0 Å². The topological polar surface area (TPSA) is 38.0 Å². The quantitative estimate of drug-likeness (QED) is 0.858. The van der Waals surface area contributed by atoms with Crippen LogP contribution in [0.25, 0.3) is 0 Å². The third-order valence-corrected chi connectivity index (χ3v) is 5.04. The molecule has 0 amide bonds. The van der Waals surface area contributed by atoms with E-state index in [1.54, 1.807) is 18.2 Å². The molecule has 2 aromatic rings. The number of benzene rings is 1. The minimum atomic E-state index is -0.294. The SMILES string of the molecule is NCC(Nc1ccccc1F)c1cc(Br)c(Cl)s1. The summed E-state index contributed by atoms with van der Waals surface area (Å²) in [6.45, 7) is 0.359. The van der Waals surface area contributed by atoms with Crippen molar-refractivity contribution in [3.8, 4) is 0 Å². The molecular formula is C12H11BrClFN2S. The van der Waals surface area contributed by atoms with Gasteiger partial charge in [-0.1, -0.05) is 23.7 Å². The molecule has 6 heteroatoms. The largest absolute Gasteiger partial charge is 0.374 e. The Morgan fingerprint density at radius 2 is 2.17 bits per heavy atom. The number of nitrogens with one attached hydrogen (secondary N) is 1. The van der Waals surface area contributed by atoms with Crippen LogP contribution in [0.2, 0.25) is 4.34 Å². The van der Waals surface area contributed by atoms with E-state index in [-0.39, 0.29) is 11.9 Å². The van der Waals surface area contributed by atoms with Crippen molar-refractivity contribution < 1.29 is 4.39 Å². The fourth-order valence-corrected chi connectivity index (χ4v) is 3.35. The lowest BCUT2D eigenvalue weighted by atomic mass is 10.2. The molecule has 0 saturated carbocycles. The number of hydrogen-bond acceptors (Lipinski definition) is 3. The zero-order valence-electron chi connectivity index (χ0n) is 9.29. The van der Waals surface area contributed by atoms with Crippen LogP contribution in [0.1, 0.15) is 10.9 Å². The van der Waals surface area contributed by atoms with Crippen molar-refractivity contribution in [1.29, 1.82) is 0 Å². The Hall–Kier alpha value is -0.620. The van der Waals surface area contributed by atoms with Crippen LogP contribution < -0.4 is 11.1 Å². The van der Waals surface area contributed by atoms with Gasteiger partial charge in [-0.15, -0.1) is 11.3 Å². The number of thiophene rings is 1. The smallest absolute Gasteiger partial charge is 0.146 e. The van der Waals surface area contributed by atoms with Gasteiger partial charge in [0.1, 0.15) is 10.2 Å². The van der Waals surface area contributed by atoms with Gasteiger partial charge in [-0.2, -0.15) is 0 Å². The molecule has 2 nitrogen and oxygen atoms in total. The van der Waals surface area contributed by atoms with Crippen LogP contribution in [-0.4, -0.2) is 6.54 Å². The predicted molar refractivity (Wildman–Crippen MR) is 78.8 cm³/mol. The summed E-state index contributed by atoms with van der Waals surface area (Å²) in [6, 6.07) is 8.26. The zero-order valence-corrected chi connectivity index (χ0v) is 12.4. The van der Waals surface area contributed by atoms with Gasteiger partial charge < -0.3 is 11.1 Å². The monoisotopic (exact) mass is 348 g/mol. The lowest BCUT2D eigenvalue weighted by Gasteiger charge is -2.17. The number of para-hydroxylation sites is 1. The van der Waals surface area contributed by atoms with E-state index in [9.17, 15) is 4.39 Å². The van der Waals surface area contributed by atoms with Gasteiger partial charge in [-0.05, 0) is 34.1 Å². The first-order chi connectivity index (χ1) is 8.61. The van der Waals surface area contributed by atoms with Gasteiger partial charge in [0.05, 0.1) is 11.7 Å². The van der Waals surface area contributed by atoms with Crippen LogP contribution in [0.15, 0.2) is 34.8 Å². The van der Waals surface area contributed by atoms with Crippen LogP contribution in [0, 0.1) is 5.82 Å². The van der Waals surface area contributed by atoms with E-state index in [0.717, 1.165) is 9.35 Å². The molecule has 2 rings (SSSR count). The van der Waals surface area contributed by atoms with E-state index in [1.165, 1.54) is 17.4 Å². The van der Waals surface area contributed by atoms with Crippen molar-refractivity contribution in [2.24, 2.45) is 5.73 Å². The van der Waals surface area contributed by atoms with Crippen LogP contribution in [0.3, 0.4) is 0 Å². The molecule has 0 radical (unpaired) electrons. The van der Waals surface area contributed by atoms with Crippen LogP contribution in [-0.2, 0) is 0 Å². The van der Waals surface area contributed by atoms with Crippen molar-refractivity contribution in [1.82, 2.24) is 0 Å². The van der Waals surface area contributed by atoms with E-state index < -0.39 is 0 Å². The molecule has 96 valence electrons. The summed E-state index contributed by atoms with van der Waals surface area (Å²) in [6.07, 6.45) is 0. The van der Waals surface area contributed by atoms with Crippen LogP contribution in [0.4, 0.5) is 10.1 Å². The minimum Gasteiger partial charge on any atom is -0.374 e. The maximum absolute atomic E-state index is 13.6. The zero-order chi connectivity index (χ0) is 13.1. The summed E-state index contributed by atoms with van der Waals surface area (Å²) in [5.74, 6) is -0.294. The first-order valence-corrected chi connectivity index (χ1v) is 7.26. The molecule has 0 aliphatic heterocycles.